The molecular formula is C26H19Cl2NO5. The fourth-order valence-corrected chi connectivity index (χ4v) is 4.50. The van der Waals surface area contributed by atoms with Gasteiger partial charge in [-0.25, -0.2) is 0 Å². The number of carbonyl (C=O) groups excluding carboxylic acids is 2. The summed E-state index contributed by atoms with van der Waals surface area (Å²) in [4.78, 5) is 27.8. The molecule has 6 nitrogen and oxygen atoms in total. The minimum atomic E-state index is -0.858. The SMILES string of the molecule is O=C1C(=O)N(Cc2ccccc2)C(c2ccc(Cl)c(Cl)c2)/C1=C(/O)c1ccc2c(c1)OCCO2. The number of hydrogen-bond donors (Lipinski definition) is 1. The second-order valence-corrected chi connectivity index (χ2v) is 8.76. The molecule has 1 atom stereocenters. The molecule has 1 unspecified atom stereocenters. The van der Waals surface area contributed by atoms with Crippen molar-refractivity contribution in [2.45, 2.75) is 12.6 Å². The maximum atomic E-state index is 13.2. The Balaban J connectivity index is 1.65. The Morgan fingerprint density at radius 1 is 0.912 bits per heavy atom. The highest BCUT2D eigenvalue weighted by atomic mass is 35.5. The van der Waals surface area contributed by atoms with E-state index in [0.717, 1.165) is 5.56 Å². The van der Waals surface area contributed by atoms with E-state index in [1.807, 2.05) is 30.3 Å². The summed E-state index contributed by atoms with van der Waals surface area (Å²) < 4.78 is 11.2. The molecule has 2 aliphatic rings. The molecule has 172 valence electrons. The normalized spacial score (nSPS) is 18.9. The lowest BCUT2D eigenvalue weighted by atomic mass is 9.95. The van der Waals surface area contributed by atoms with E-state index in [1.165, 1.54) is 4.90 Å². The molecule has 5 rings (SSSR count). The average Bonchev–Trinajstić information content (AvgIpc) is 3.10. The Bertz CT molecular complexity index is 1320. The van der Waals surface area contributed by atoms with Crippen LogP contribution >= 0.6 is 23.2 Å². The van der Waals surface area contributed by atoms with Gasteiger partial charge in [0, 0.05) is 12.1 Å². The lowest BCUT2D eigenvalue weighted by molar-refractivity contribution is -0.140. The van der Waals surface area contributed by atoms with E-state index in [2.05, 4.69) is 0 Å². The molecule has 34 heavy (non-hydrogen) atoms. The van der Waals surface area contributed by atoms with Crippen LogP contribution in [-0.2, 0) is 16.1 Å². The first kappa shape index (κ1) is 22.3. The third kappa shape index (κ3) is 4.00. The predicted molar refractivity (Wildman–Crippen MR) is 128 cm³/mol. The van der Waals surface area contributed by atoms with Gasteiger partial charge in [0.05, 0.1) is 21.7 Å². The van der Waals surface area contributed by atoms with Crippen LogP contribution in [0.1, 0.15) is 22.7 Å². The van der Waals surface area contributed by atoms with Crippen molar-refractivity contribution in [3.05, 3.63) is 99.0 Å². The summed E-state index contributed by atoms with van der Waals surface area (Å²) in [7, 11) is 0. The van der Waals surface area contributed by atoms with E-state index in [4.69, 9.17) is 32.7 Å². The van der Waals surface area contributed by atoms with Gasteiger partial charge in [-0.2, -0.15) is 0 Å². The number of benzene rings is 3. The van der Waals surface area contributed by atoms with Crippen molar-refractivity contribution in [3.63, 3.8) is 0 Å². The lowest BCUT2D eigenvalue weighted by Gasteiger charge is -2.26. The number of rotatable bonds is 4. The van der Waals surface area contributed by atoms with Crippen molar-refractivity contribution in [2.75, 3.05) is 13.2 Å². The molecule has 1 N–H and O–H groups in total. The maximum Gasteiger partial charge on any atom is 0.295 e. The Morgan fingerprint density at radius 2 is 1.65 bits per heavy atom. The molecule has 2 heterocycles. The molecule has 3 aromatic rings. The molecule has 0 radical (unpaired) electrons. The van der Waals surface area contributed by atoms with E-state index in [0.29, 0.717) is 40.9 Å². The third-order valence-corrected chi connectivity index (χ3v) is 6.55. The van der Waals surface area contributed by atoms with Crippen LogP contribution in [0, 0.1) is 0 Å². The molecule has 1 fully saturated rings. The second kappa shape index (κ2) is 9.05. The number of amides is 1. The smallest absolute Gasteiger partial charge is 0.295 e. The molecule has 3 aromatic carbocycles. The number of hydrogen-bond acceptors (Lipinski definition) is 5. The molecule has 0 aromatic heterocycles. The Kier molecular flexibility index (Phi) is 5.94. The minimum Gasteiger partial charge on any atom is -0.507 e. The average molecular weight is 496 g/mol. The molecular weight excluding hydrogens is 477 g/mol. The standard InChI is InChI=1S/C26H19Cl2NO5/c27-18-8-6-16(12-19(18)28)23-22(24(30)17-7-9-20-21(13-17)34-11-10-33-20)25(31)26(32)29(23)14-15-4-2-1-3-5-15/h1-9,12-13,23,30H,10-11,14H2/b24-22-. The molecule has 1 saturated heterocycles. The highest BCUT2D eigenvalue weighted by molar-refractivity contribution is 6.46. The maximum absolute atomic E-state index is 13.2. The number of nitrogens with zero attached hydrogens (tertiary/aromatic N) is 1. The fourth-order valence-electron chi connectivity index (χ4n) is 4.20. The molecule has 2 aliphatic heterocycles. The molecule has 1 amide bonds. The number of ether oxygens (including phenoxy) is 2. The third-order valence-electron chi connectivity index (χ3n) is 5.81. The van der Waals surface area contributed by atoms with Gasteiger partial charge in [0.1, 0.15) is 19.0 Å². The summed E-state index contributed by atoms with van der Waals surface area (Å²) in [5, 5.41) is 11.9. The van der Waals surface area contributed by atoms with Crippen LogP contribution < -0.4 is 9.47 Å². The first-order valence-corrected chi connectivity index (χ1v) is 11.4. The number of likely N-dealkylation sites (tertiary alicyclic amines) is 1. The van der Waals surface area contributed by atoms with Gasteiger partial charge in [-0.3, -0.25) is 9.59 Å². The van der Waals surface area contributed by atoms with Crippen LogP contribution in [-0.4, -0.2) is 34.9 Å². The van der Waals surface area contributed by atoms with E-state index < -0.39 is 17.7 Å². The number of ketones is 1. The van der Waals surface area contributed by atoms with Gasteiger partial charge in [0.15, 0.2) is 11.5 Å². The number of halogens is 2. The molecule has 0 saturated carbocycles. The Labute approximate surface area is 205 Å². The molecule has 0 spiro atoms. The molecule has 0 aliphatic carbocycles. The van der Waals surface area contributed by atoms with Gasteiger partial charge in [0.2, 0.25) is 0 Å². The van der Waals surface area contributed by atoms with Gasteiger partial charge in [-0.05, 0) is 41.5 Å². The van der Waals surface area contributed by atoms with Crippen molar-refractivity contribution in [1.29, 1.82) is 0 Å². The van der Waals surface area contributed by atoms with Crippen molar-refractivity contribution < 1.29 is 24.2 Å². The Morgan fingerprint density at radius 3 is 2.38 bits per heavy atom. The Hall–Kier alpha value is -3.48. The summed E-state index contributed by atoms with van der Waals surface area (Å²) in [6, 6.07) is 18.3. The van der Waals surface area contributed by atoms with E-state index in [-0.39, 0.29) is 22.9 Å². The zero-order chi connectivity index (χ0) is 23.8. The molecule has 0 bridgehead atoms. The van der Waals surface area contributed by atoms with Crippen LogP contribution in [0.25, 0.3) is 5.76 Å². The number of Topliss-reactive ketones (excluding diaryl/α,β-unsaturated/α-hetero) is 1. The number of carbonyl (C=O) groups is 2. The van der Waals surface area contributed by atoms with Crippen LogP contribution in [0.5, 0.6) is 11.5 Å². The predicted octanol–water partition coefficient (Wildman–Crippen LogP) is 5.39. The first-order valence-electron chi connectivity index (χ1n) is 10.6. The summed E-state index contributed by atoms with van der Waals surface area (Å²) >= 11 is 12.4. The van der Waals surface area contributed by atoms with Crippen molar-refractivity contribution in [1.82, 2.24) is 4.90 Å². The number of fused-ring (bicyclic) bond motifs is 1. The minimum absolute atomic E-state index is 0.0315. The summed E-state index contributed by atoms with van der Waals surface area (Å²) in [5.74, 6) is -0.784. The number of aliphatic hydroxyl groups excluding tert-OH is 1. The lowest BCUT2D eigenvalue weighted by Crippen LogP contribution is -2.29. The molecule has 8 heteroatoms. The topological polar surface area (TPSA) is 76.1 Å². The second-order valence-electron chi connectivity index (χ2n) is 7.94. The quantitative estimate of drug-likeness (QED) is 0.298. The van der Waals surface area contributed by atoms with Gasteiger partial charge in [0.25, 0.3) is 11.7 Å². The van der Waals surface area contributed by atoms with Gasteiger partial charge >= 0.3 is 0 Å². The fraction of sp³-hybridized carbons (Fsp3) is 0.154. The highest BCUT2D eigenvalue weighted by Crippen LogP contribution is 2.42. The van der Waals surface area contributed by atoms with E-state index >= 15 is 0 Å². The van der Waals surface area contributed by atoms with E-state index in [1.54, 1.807) is 36.4 Å². The van der Waals surface area contributed by atoms with E-state index in [9.17, 15) is 14.7 Å². The van der Waals surface area contributed by atoms with Crippen molar-refractivity contribution in [2.24, 2.45) is 0 Å². The monoisotopic (exact) mass is 495 g/mol. The largest absolute Gasteiger partial charge is 0.507 e. The van der Waals surface area contributed by atoms with Crippen molar-refractivity contribution >= 4 is 40.7 Å². The zero-order valence-corrected chi connectivity index (χ0v) is 19.3. The van der Waals surface area contributed by atoms with Crippen LogP contribution in [0.4, 0.5) is 0 Å². The first-order chi connectivity index (χ1) is 16.4. The van der Waals surface area contributed by atoms with Gasteiger partial charge in [-0.1, -0.05) is 59.6 Å². The van der Waals surface area contributed by atoms with Crippen LogP contribution in [0.15, 0.2) is 72.3 Å². The van der Waals surface area contributed by atoms with Crippen LogP contribution in [0.3, 0.4) is 0 Å². The summed E-state index contributed by atoms with van der Waals surface area (Å²) in [6.07, 6.45) is 0. The van der Waals surface area contributed by atoms with Gasteiger partial charge in [-0.15, -0.1) is 0 Å². The summed E-state index contributed by atoms with van der Waals surface area (Å²) in [6.45, 7) is 0.983. The zero-order valence-electron chi connectivity index (χ0n) is 17.8. The highest BCUT2D eigenvalue weighted by Gasteiger charge is 2.46. The number of aliphatic hydroxyl groups is 1. The van der Waals surface area contributed by atoms with Gasteiger partial charge < -0.3 is 19.5 Å². The summed E-state index contributed by atoms with van der Waals surface area (Å²) in [5.41, 5.74) is 1.71. The van der Waals surface area contributed by atoms with Crippen LogP contribution in [0.2, 0.25) is 10.0 Å². The van der Waals surface area contributed by atoms with Crippen molar-refractivity contribution in [3.8, 4) is 11.5 Å².